The first-order chi connectivity index (χ1) is 8.72. The average molecular weight is 314 g/mol. The van der Waals surface area contributed by atoms with E-state index in [1.54, 1.807) is 0 Å². The van der Waals surface area contributed by atoms with Crippen LogP contribution in [0, 0.1) is 0 Å². The molecule has 120 valence electrons. The van der Waals surface area contributed by atoms with Crippen LogP contribution in [0.1, 0.15) is 6.92 Å². The van der Waals surface area contributed by atoms with Gasteiger partial charge in [0, 0.05) is 20.0 Å². The lowest BCUT2D eigenvalue weighted by Crippen LogP contribution is -2.63. The highest BCUT2D eigenvalue weighted by atomic mass is 19.4. The Morgan fingerprint density at radius 2 is 1.35 bits per heavy atom. The van der Waals surface area contributed by atoms with Crippen molar-refractivity contribution in [3.05, 3.63) is 0 Å². The van der Waals surface area contributed by atoms with Gasteiger partial charge in [-0.2, -0.15) is 35.1 Å². The zero-order valence-electron chi connectivity index (χ0n) is 10.7. The predicted molar refractivity (Wildman–Crippen MR) is 54.5 cm³/mol. The molecule has 0 aromatic rings. The van der Waals surface area contributed by atoms with Crippen LogP contribution < -0.4 is 0 Å². The summed E-state index contributed by atoms with van der Waals surface area (Å²) in [7, 11) is 1.52. The molecule has 0 atom stereocenters. The van der Waals surface area contributed by atoms with Crippen LogP contribution in [-0.4, -0.2) is 66.8 Å². The monoisotopic (exact) mass is 314 g/mol. The Hall–Kier alpha value is -0.640. The van der Waals surface area contributed by atoms with Gasteiger partial charge in [-0.1, -0.05) is 0 Å². The highest BCUT2D eigenvalue weighted by Gasteiger charge is 2.79. The van der Waals surface area contributed by atoms with Crippen molar-refractivity contribution < 1.29 is 35.1 Å². The number of rotatable bonds is 5. The predicted octanol–water partition coefficient (Wildman–Crippen LogP) is 2.75. The van der Waals surface area contributed by atoms with Crippen molar-refractivity contribution in [2.75, 3.05) is 33.4 Å². The lowest BCUT2D eigenvalue weighted by Gasteiger charge is -2.36. The minimum Gasteiger partial charge on any atom is -0.292 e. The van der Waals surface area contributed by atoms with Crippen molar-refractivity contribution >= 4 is 0 Å². The molecule has 0 bridgehead atoms. The number of alkyl halides is 8. The van der Waals surface area contributed by atoms with Crippen molar-refractivity contribution in [3.63, 3.8) is 0 Å². The van der Waals surface area contributed by atoms with Crippen LogP contribution in [0.5, 0.6) is 0 Å². The fourth-order valence-corrected chi connectivity index (χ4v) is 1.81. The number of halogens is 8. The summed E-state index contributed by atoms with van der Waals surface area (Å²) in [6.07, 6.45) is 0. The first-order valence-electron chi connectivity index (χ1n) is 5.64. The molecule has 0 unspecified atom stereocenters. The van der Waals surface area contributed by atoms with Gasteiger partial charge in [0.1, 0.15) is 0 Å². The third-order valence-corrected chi connectivity index (χ3v) is 3.07. The number of hydrogen-bond acceptors (Lipinski definition) is 2. The van der Waals surface area contributed by atoms with Crippen LogP contribution in [0.3, 0.4) is 0 Å². The largest absolute Gasteiger partial charge is 0.379 e. The highest BCUT2D eigenvalue weighted by molar-refractivity contribution is 5.03. The van der Waals surface area contributed by atoms with E-state index in [1.165, 1.54) is 11.9 Å². The second-order valence-corrected chi connectivity index (χ2v) is 5.02. The van der Waals surface area contributed by atoms with Crippen molar-refractivity contribution in [1.29, 1.82) is 0 Å². The standard InChI is InChI=1S/C10H14F8N2/c1-7(11,12)9(15,16)10(17,18)8(13,14)5-20-4-3-19(2)6-20/h3-6H2,1-2H3. The summed E-state index contributed by atoms with van der Waals surface area (Å²) in [4.78, 5) is 2.30. The molecule has 1 heterocycles. The lowest BCUT2D eigenvalue weighted by molar-refractivity contribution is -0.363. The third-order valence-electron chi connectivity index (χ3n) is 3.07. The fourth-order valence-electron chi connectivity index (χ4n) is 1.81. The molecule has 1 rings (SSSR count). The molecule has 0 amide bonds. The van der Waals surface area contributed by atoms with E-state index in [9.17, 15) is 35.1 Å². The van der Waals surface area contributed by atoms with E-state index in [-0.39, 0.29) is 13.2 Å². The zero-order valence-corrected chi connectivity index (χ0v) is 10.7. The lowest BCUT2D eigenvalue weighted by atomic mass is 9.99. The minimum atomic E-state index is -6.15. The summed E-state index contributed by atoms with van der Waals surface area (Å²) >= 11 is 0. The molecule has 0 radical (unpaired) electrons. The maximum absolute atomic E-state index is 13.4. The Labute approximate surface area is 110 Å². The Kier molecular flexibility index (Phi) is 4.33. The Morgan fingerprint density at radius 1 is 0.850 bits per heavy atom. The minimum absolute atomic E-state index is 0.0315. The van der Waals surface area contributed by atoms with Crippen molar-refractivity contribution in [2.24, 2.45) is 0 Å². The van der Waals surface area contributed by atoms with E-state index in [4.69, 9.17) is 0 Å². The van der Waals surface area contributed by atoms with Crippen LogP contribution in [-0.2, 0) is 0 Å². The molecule has 1 aliphatic heterocycles. The summed E-state index contributed by atoms with van der Waals surface area (Å²) < 4.78 is 104. The quantitative estimate of drug-likeness (QED) is 0.720. The zero-order chi connectivity index (χ0) is 16.0. The molecule has 1 aliphatic rings. The van der Waals surface area contributed by atoms with Crippen molar-refractivity contribution in [3.8, 4) is 0 Å². The molecule has 10 heteroatoms. The summed E-state index contributed by atoms with van der Waals surface area (Å²) in [5, 5.41) is 0. The average Bonchev–Trinajstić information content (AvgIpc) is 2.60. The molecule has 0 N–H and O–H groups in total. The molecule has 0 aromatic carbocycles. The van der Waals surface area contributed by atoms with Gasteiger partial charge in [-0.05, 0) is 7.05 Å². The van der Waals surface area contributed by atoms with E-state index in [1.807, 2.05) is 0 Å². The van der Waals surface area contributed by atoms with E-state index in [0.717, 1.165) is 4.90 Å². The Bertz CT molecular complexity index is 352. The number of hydrogen-bond donors (Lipinski definition) is 0. The van der Waals surface area contributed by atoms with Gasteiger partial charge in [0.25, 0.3) is 0 Å². The van der Waals surface area contributed by atoms with Gasteiger partial charge in [-0.3, -0.25) is 9.80 Å². The van der Waals surface area contributed by atoms with Crippen LogP contribution in [0.25, 0.3) is 0 Å². The second-order valence-electron chi connectivity index (χ2n) is 5.02. The fraction of sp³-hybridized carbons (Fsp3) is 1.00. The molecular weight excluding hydrogens is 300 g/mol. The first-order valence-corrected chi connectivity index (χ1v) is 5.64. The maximum Gasteiger partial charge on any atom is 0.379 e. The van der Waals surface area contributed by atoms with Gasteiger partial charge in [0.2, 0.25) is 0 Å². The first kappa shape index (κ1) is 17.4. The van der Waals surface area contributed by atoms with Gasteiger partial charge < -0.3 is 0 Å². The van der Waals surface area contributed by atoms with Crippen LogP contribution >= 0.6 is 0 Å². The molecule has 0 aromatic heterocycles. The summed E-state index contributed by atoms with van der Waals surface area (Å²) in [5.41, 5.74) is 0. The van der Waals surface area contributed by atoms with E-state index in [2.05, 4.69) is 0 Å². The van der Waals surface area contributed by atoms with E-state index in [0.29, 0.717) is 6.54 Å². The topological polar surface area (TPSA) is 6.48 Å². The Balaban J connectivity index is 2.94. The van der Waals surface area contributed by atoms with E-state index >= 15 is 0 Å². The number of nitrogens with zero attached hydrogens (tertiary/aromatic N) is 2. The third kappa shape index (κ3) is 2.85. The highest BCUT2D eigenvalue weighted by Crippen LogP contribution is 2.52. The molecule has 0 saturated carbocycles. The van der Waals surface area contributed by atoms with Crippen LogP contribution in [0.2, 0.25) is 0 Å². The summed E-state index contributed by atoms with van der Waals surface area (Å²) in [6.45, 7) is -2.09. The summed E-state index contributed by atoms with van der Waals surface area (Å²) in [5.74, 6) is -22.8. The van der Waals surface area contributed by atoms with Crippen molar-refractivity contribution in [2.45, 2.75) is 30.6 Å². The maximum atomic E-state index is 13.4. The molecule has 1 saturated heterocycles. The molecule has 0 spiro atoms. The van der Waals surface area contributed by atoms with Crippen LogP contribution in [0.15, 0.2) is 0 Å². The number of likely N-dealkylation sites (N-methyl/N-ethyl adjacent to an activating group) is 1. The SMILES string of the molecule is CN1CCN(CC(F)(F)C(F)(F)C(F)(F)C(C)(F)F)C1. The molecule has 20 heavy (non-hydrogen) atoms. The molecule has 2 nitrogen and oxygen atoms in total. The van der Waals surface area contributed by atoms with Gasteiger partial charge in [0.15, 0.2) is 0 Å². The van der Waals surface area contributed by atoms with Gasteiger partial charge in [0.05, 0.1) is 13.2 Å². The van der Waals surface area contributed by atoms with Gasteiger partial charge in [-0.15, -0.1) is 0 Å². The molecular formula is C10H14F8N2. The smallest absolute Gasteiger partial charge is 0.292 e. The molecule has 1 fully saturated rings. The van der Waals surface area contributed by atoms with E-state index < -0.39 is 37.2 Å². The second kappa shape index (κ2) is 4.97. The Morgan fingerprint density at radius 3 is 1.70 bits per heavy atom. The van der Waals surface area contributed by atoms with Crippen LogP contribution in [0.4, 0.5) is 35.1 Å². The van der Waals surface area contributed by atoms with Crippen molar-refractivity contribution in [1.82, 2.24) is 9.80 Å². The molecule has 0 aliphatic carbocycles. The van der Waals surface area contributed by atoms with Gasteiger partial charge >= 0.3 is 23.7 Å². The normalized spacial score (nSPS) is 20.7. The summed E-state index contributed by atoms with van der Waals surface area (Å²) in [6, 6.07) is 0. The van der Waals surface area contributed by atoms with Gasteiger partial charge in [-0.25, -0.2) is 0 Å².